The van der Waals surface area contributed by atoms with Crippen LogP contribution in [0.2, 0.25) is 0 Å². The molecule has 2 aromatic carbocycles. The largest absolute Gasteiger partial charge is 0.337 e. The fourth-order valence-corrected chi connectivity index (χ4v) is 8.81. The molecule has 2 N–H and O–H groups in total. The Kier molecular flexibility index (Phi) is 11.3. The van der Waals surface area contributed by atoms with Gasteiger partial charge in [0.2, 0.25) is 11.6 Å². The smallest absolute Gasteiger partial charge is 0.291 e. The first-order valence-corrected chi connectivity index (χ1v) is 20.9. The number of carbonyl (C=O) groups is 4. The first kappa shape index (κ1) is 42.1. The van der Waals surface area contributed by atoms with Gasteiger partial charge in [0, 0.05) is 63.3 Å². The van der Waals surface area contributed by atoms with Crippen molar-refractivity contribution in [3.63, 3.8) is 0 Å². The van der Waals surface area contributed by atoms with Crippen molar-refractivity contribution in [2.45, 2.75) is 88.6 Å². The number of carbonyl (C=O) groups excluding carboxylic acids is 4. The Hall–Kier alpha value is -7.26. The van der Waals surface area contributed by atoms with Crippen molar-refractivity contribution in [3.05, 3.63) is 119 Å². The van der Waals surface area contributed by atoms with Gasteiger partial charge in [-0.05, 0) is 62.8 Å². The maximum absolute atomic E-state index is 14.4. The van der Waals surface area contributed by atoms with Crippen LogP contribution in [0.1, 0.15) is 94.6 Å². The van der Waals surface area contributed by atoms with Crippen LogP contribution in [0.5, 0.6) is 0 Å². The van der Waals surface area contributed by atoms with Crippen molar-refractivity contribution in [1.82, 2.24) is 59.7 Å². The van der Waals surface area contributed by atoms with Gasteiger partial charge in [-0.3, -0.25) is 29.0 Å². The molecule has 4 aliphatic rings. The molecule has 0 saturated carbocycles. The molecule has 64 heavy (non-hydrogen) atoms. The predicted molar refractivity (Wildman–Crippen MR) is 218 cm³/mol. The summed E-state index contributed by atoms with van der Waals surface area (Å²) in [4.78, 5) is 62.9. The molecule has 6 aromatic rings. The fraction of sp³-hybridized carbons (Fsp3) is 0.381. The summed E-state index contributed by atoms with van der Waals surface area (Å²) in [7, 11) is 3.25. The number of likely N-dealkylation sites (N-methyl/N-ethyl adjacent to an activating group) is 2. The molecule has 4 amide bonds. The SMILES string of the molecule is CN1C(=O)[C@@H](NC(=O)c2nc3n(n2)[C@@H](c2c(F)cccc2F)CCC3)CCn2nccc21.CN1C(=O)[C@@H](NC(=O)c2nc3n(n2)[C@H](c2c(F)cccc2F)CCC3)CCn2nccc21. The van der Waals surface area contributed by atoms with Gasteiger partial charge in [-0.2, -0.15) is 10.2 Å². The van der Waals surface area contributed by atoms with E-state index in [0.29, 0.717) is 87.7 Å². The second-order valence-corrected chi connectivity index (χ2v) is 15.9. The Balaban J connectivity index is 0.000000162. The lowest BCUT2D eigenvalue weighted by Crippen LogP contribution is -2.47. The van der Waals surface area contributed by atoms with E-state index in [0.717, 1.165) is 0 Å². The minimum atomic E-state index is -0.769. The van der Waals surface area contributed by atoms with Crippen molar-refractivity contribution in [2.24, 2.45) is 0 Å². The summed E-state index contributed by atoms with van der Waals surface area (Å²) in [5, 5.41) is 22.3. The highest BCUT2D eigenvalue weighted by molar-refractivity contribution is 6.01. The van der Waals surface area contributed by atoms with Gasteiger partial charge < -0.3 is 10.6 Å². The molecule has 8 heterocycles. The molecule has 0 spiro atoms. The number of halogens is 4. The van der Waals surface area contributed by atoms with E-state index in [1.165, 1.54) is 55.6 Å². The minimum absolute atomic E-state index is 0.0831. The number of aromatic nitrogens is 10. The molecule has 4 aliphatic heterocycles. The fourth-order valence-electron chi connectivity index (χ4n) is 8.81. The quantitative estimate of drug-likeness (QED) is 0.233. The van der Waals surface area contributed by atoms with Gasteiger partial charge in [-0.15, -0.1) is 10.2 Å². The zero-order chi connectivity index (χ0) is 44.8. The molecule has 0 saturated heterocycles. The van der Waals surface area contributed by atoms with Crippen LogP contribution in [0.25, 0.3) is 0 Å². The number of anilines is 2. The topological polar surface area (TPSA) is 196 Å². The van der Waals surface area contributed by atoms with Gasteiger partial charge in [0.1, 0.15) is 58.6 Å². The number of nitrogens with one attached hydrogen (secondary N) is 2. The average molecular weight is 883 g/mol. The van der Waals surface area contributed by atoms with Gasteiger partial charge in [-0.25, -0.2) is 46.3 Å². The molecule has 0 bridgehead atoms. The molecule has 332 valence electrons. The Bertz CT molecular complexity index is 2550. The van der Waals surface area contributed by atoms with Crippen molar-refractivity contribution < 1.29 is 36.7 Å². The normalized spacial score (nSPS) is 20.5. The summed E-state index contributed by atoms with van der Waals surface area (Å²) in [6, 6.07) is 8.00. The summed E-state index contributed by atoms with van der Waals surface area (Å²) in [5.74, 6) is -2.36. The number of benzene rings is 2. The summed E-state index contributed by atoms with van der Waals surface area (Å²) in [6.07, 6.45) is 7.32. The number of hydrogen-bond acceptors (Lipinski definition) is 10. The van der Waals surface area contributed by atoms with Crippen LogP contribution in [-0.4, -0.2) is 98.9 Å². The third-order valence-electron chi connectivity index (χ3n) is 12.0. The average Bonchev–Trinajstić information content (AvgIpc) is 4.11. The van der Waals surface area contributed by atoms with Crippen LogP contribution in [-0.2, 0) is 35.5 Å². The van der Waals surface area contributed by atoms with E-state index in [1.54, 1.807) is 48.0 Å². The zero-order valence-corrected chi connectivity index (χ0v) is 34.7. The molecular formula is C42H42F4N14O4. The van der Waals surface area contributed by atoms with E-state index < -0.39 is 59.3 Å². The summed E-state index contributed by atoms with van der Waals surface area (Å²) < 4.78 is 63.8. The van der Waals surface area contributed by atoms with Gasteiger partial charge in [-0.1, -0.05) is 12.1 Å². The summed E-state index contributed by atoms with van der Waals surface area (Å²) in [6.45, 7) is 0.927. The Morgan fingerprint density at radius 2 is 0.984 bits per heavy atom. The molecule has 10 rings (SSSR count). The van der Waals surface area contributed by atoms with E-state index >= 15 is 0 Å². The molecule has 18 nitrogen and oxygen atoms in total. The summed E-state index contributed by atoms with van der Waals surface area (Å²) in [5.41, 5.74) is -0.166. The van der Waals surface area contributed by atoms with Gasteiger partial charge in [0.15, 0.2) is 0 Å². The van der Waals surface area contributed by atoms with Crippen LogP contribution < -0.4 is 20.4 Å². The highest BCUT2D eigenvalue weighted by atomic mass is 19.1. The van der Waals surface area contributed by atoms with Crippen molar-refractivity contribution in [1.29, 1.82) is 0 Å². The van der Waals surface area contributed by atoms with Crippen LogP contribution in [0.15, 0.2) is 60.9 Å². The molecule has 4 atom stereocenters. The van der Waals surface area contributed by atoms with Gasteiger partial charge in [0.05, 0.1) is 24.5 Å². The number of fused-ring (bicyclic) bond motifs is 4. The first-order valence-electron chi connectivity index (χ1n) is 20.9. The van der Waals surface area contributed by atoms with Crippen molar-refractivity contribution in [3.8, 4) is 0 Å². The Morgan fingerprint density at radius 1 is 0.594 bits per heavy atom. The second kappa shape index (κ2) is 17.1. The molecule has 0 unspecified atom stereocenters. The highest BCUT2D eigenvalue weighted by Crippen LogP contribution is 2.34. The molecule has 22 heteroatoms. The Morgan fingerprint density at radius 3 is 1.38 bits per heavy atom. The minimum Gasteiger partial charge on any atom is -0.337 e. The number of nitrogens with zero attached hydrogens (tertiary/aromatic N) is 12. The second-order valence-electron chi connectivity index (χ2n) is 15.9. The number of aryl methyl sites for hydroxylation is 4. The highest BCUT2D eigenvalue weighted by Gasteiger charge is 2.36. The lowest BCUT2D eigenvalue weighted by Gasteiger charge is -2.24. The lowest BCUT2D eigenvalue weighted by atomic mass is 9.97. The van der Waals surface area contributed by atoms with E-state index in [2.05, 4.69) is 41.0 Å². The lowest BCUT2D eigenvalue weighted by molar-refractivity contribution is -0.120. The molecule has 0 radical (unpaired) electrons. The van der Waals surface area contributed by atoms with Crippen LogP contribution in [0, 0.1) is 23.3 Å². The first-order chi connectivity index (χ1) is 30.9. The standard InChI is InChI=1S/2C21H21F2N7O2/c2*1-28-17-8-10-24-29(17)11-9-14(21(28)32)25-20(31)19-26-16-7-3-6-15(30(16)27-19)18-12(22)4-2-5-13(18)23/h2*2,4-5,8,10,14-15H,3,6-7,9,11H2,1H3,(H,25,31)/t14-,15+;14-,15-/m00/s1. The molecule has 0 aliphatic carbocycles. The maximum atomic E-state index is 14.4. The number of hydrogen-bond donors (Lipinski definition) is 2. The predicted octanol–water partition coefficient (Wildman–Crippen LogP) is 3.69. The molecule has 0 fully saturated rings. The Labute approximate surface area is 362 Å². The van der Waals surface area contributed by atoms with Crippen LogP contribution >= 0.6 is 0 Å². The monoisotopic (exact) mass is 882 g/mol. The van der Waals surface area contributed by atoms with E-state index in [4.69, 9.17) is 0 Å². The van der Waals surface area contributed by atoms with Crippen molar-refractivity contribution in [2.75, 3.05) is 23.9 Å². The molecular weight excluding hydrogens is 841 g/mol. The van der Waals surface area contributed by atoms with Crippen LogP contribution in [0.3, 0.4) is 0 Å². The third kappa shape index (κ3) is 7.76. The van der Waals surface area contributed by atoms with Crippen LogP contribution in [0.4, 0.5) is 29.2 Å². The number of rotatable bonds is 6. The number of amides is 4. The zero-order valence-electron chi connectivity index (χ0n) is 34.7. The summed E-state index contributed by atoms with van der Waals surface area (Å²) >= 11 is 0. The van der Waals surface area contributed by atoms with Gasteiger partial charge in [0.25, 0.3) is 23.6 Å². The van der Waals surface area contributed by atoms with E-state index in [9.17, 15) is 36.7 Å². The van der Waals surface area contributed by atoms with Crippen molar-refractivity contribution >= 4 is 35.3 Å². The van der Waals surface area contributed by atoms with E-state index in [1.807, 2.05) is 0 Å². The van der Waals surface area contributed by atoms with Gasteiger partial charge >= 0.3 is 0 Å². The van der Waals surface area contributed by atoms with E-state index in [-0.39, 0.29) is 34.6 Å². The third-order valence-corrected chi connectivity index (χ3v) is 12.0. The maximum Gasteiger partial charge on any atom is 0.291 e. The molecule has 4 aromatic heterocycles.